The summed E-state index contributed by atoms with van der Waals surface area (Å²) in [6.07, 6.45) is 5.05. The molecule has 196 valence electrons. The minimum atomic E-state index is -0.326. The largest absolute Gasteiger partial charge is 0.494 e. The Morgan fingerprint density at radius 3 is 2.68 bits per heavy atom. The second kappa shape index (κ2) is 11.6. The van der Waals surface area contributed by atoms with E-state index in [0.717, 1.165) is 40.9 Å². The van der Waals surface area contributed by atoms with Gasteiger partial charge >= 0.3 is 0 Å². The Morgan fingerprint density at radius 1 is 1.16 bits per heavy atom. The zero-order valence-corrected chi connectivity index (χ0v) is 22.4. The molecule has 0 aliphatic heterocycles. The average molecular weight is 512 g/mol. The van der Waals surface area contributed by atoms with Gasteiger partial charge in [0.05, 0.1) is 29.9 Å². The van der Waals surface area contributed by atoms with Gasteiger partial charge in [-0.15, -0.1) is 5.73 Å². The molecule has 0 spiro atoms. The van der Waals surface area contributed by atoms with Crippen LogP contribution in [-0.2, 0) is 11.8 Å². The number of rotatable bonds is 10. The first-order valence-electron chi connectivity index (χ1n) is 12.2. The Balaban J connectivity index is 1.71. The number of nitrogens with zero attached hydrogens (tertiary/aromatic N) is 5. The van der Waals surface area contributed by atoms with Crippen LogP contribution in [0.5, 0.6) is 5.75 Å². The third-order valence-corrected chi connectivity index (χ3v) is 6.18. The zero-order valence-electron chi connectivity index (χ0n) is 22.4. The van der Waals surface area contributed by atoms with Crippen LogP contribution in [0.25, 0.3) is 22.2 Å². The summed E-state index contributed by atoms with van der Waals surface area (Å²) in [6, 6.07) is 13.8. The van der Waals surface area contributed by atoms with Gasteiger partial charge in [0.15, 0.2) is 0 Å². The van der Waals surface area contributed by atoms with Crippen LogP contribution in [0.15, 0.2) is 73.2 Å². The van der Waals surface area contributed by atoms with Gasteiger partial charge in [0.2, 0.25) is 5.95 Å². The molecule has 0 unspecified atom stereocenters. The number of anilines is 4. The highest BCUT2D eigenvalue weighted by Crippen LogP contribution is 2.38. The van der Waals surface area contributed by atoms with Crippen LogP contribution in [0.3, 0.4) is 0 Å². The molecule has 2 N–H and O–H groups in total. The molecule has 0 saturated heterocycles. The predicted molar refractivity (Wildman–Crippen MR) is 154 cm³/mol. The topological polar surface area (TPSA) is 87.5 Å². The van der Waals surface area contributed by atoms with E-state index in [1.165, 1.54) is 6.08 Å². The molecule has 4 rings (SSSR count). The third-order valence-electron chi connectivity index (χ3n) is 6.18. The van der Waals surface area contributed by atoms with Crippen molar-refractivity contribution in [3.8, 4) is 17.0 Å². The molecule has 2 heterocycles. The molecule has 0 atom stereocenters. The maximum Gasteiger partial charge on any atom is 0.256 e. The Hall–Kier alpha value is -4.59. The van der Waals surface area contributed by atoms with Crippen molar-refractivity contribution in [2.75, 3.05) is 56.9 Å². The number of benzene rings is 2. The second-order valence-electron chi connectivity index (χ2n) is 9.19. The number of aromatic nitrogens is 3. The number of hydrogen-bond acceptors (Lipinski definition) is 7. The lowest BCUT2D eigenvalue weighted by atomic mass is 10.1. The molecule has 0 saturated carbocycles. The first-order chi connectivity index (χ1) is 18.3. The van der Waals surface area contributed by atoms with E-state index in [1.54, 1.807) is 13.3 Å². The normalized spacial score (nSPS) is 10.8. The summed E-state index contributed by atoms with van der Waals surface area (Å²) in [4.78, 5) is 25.8. The van der Waals surface area contributed by atoms with Gasteiger partial charge in [0, 0.05) is 68.2 Å². The number of likely N-dealkylation sites (N-methyl/N-ethyl adjacent to an activating group) is 2. The summed E-state index contributed by atoms with van der Waals surface area (Å²) in [5.74, 6) is 0.673. The van der Waals surface area contributed by atoms with E-state index in [1.807, 2.05) is 58.5 Å². The molecule has 9 heteroatoms. The number of carbonyl (C=O) groups excluding carboxylic acids is 1. The molecule has 4 aromatic rings. The standard InChI is InChI=1S/C29H33N7O2/c1-7-10-28(37)31-23-17-24(27(38-6)18-26(23)35(4)16-15-34(2)3)33-29-30-14-13-22(32-29)21-19-36(5)25-12-9-8-11-20(21)25/h8-14,17-19H,1,15-16H2,2-6H3,(H,31,37)(H,30,32,33). The number of amides is 1. The number of hydrogen-bond donors (Lipinski definition) is 2. The summed E-state index contributed by atoms with van der Waals surface area (Å²) < 4.78 is 7.80. The minimum Gasteiger partial charge on any atom is -0.494 e. The van der Waals surface area contributed by atoms with Gasteiger partial charge in [0.25, 0.3) is 5.91 Å². The average Bonchev–Trinajstić information content (AvgIpc) is 3.24. The molecular weight excluding hydrogens is 478 g/mol. The monoisotopic (exact) mass is 511 g/mol. The number of ether oxygens (including phenoxy) is 1. The number of para-hydroxylation sites is 1. The lowest BCUT2D eigenvalue weighted by Crippen LogP contribution is -2.29. The van der Waals surface area contributed by atoms with E-state index in [-0.39, 0.29) is 5.91 Å². The number of carbonyl (C=O) groups is 1. The molecule has 2 aromatic carbocycles. The quantitative estimate of drug-likeness (QED) is 0.236. The van der Waals surface area contributed by atoms with E-state index < -0.39 is 0 Å². The van der Waals surface area contributed by atoms with Gasteiger partial charge < -0.3 is 29.7 Å². The van der Waals surface area contributed by atoms with Crippen molar-refractivity contribution in [2.24, 2.45) is 7.05 Å². The van der Waals surface area contributed by atoms with Crippen molar-refractivity contribution in [3.63, 3.8) is 0 Å². The van der Waals surface area contributed by atoms with Gasteiger partial charge in [-0.2, -0.15) is 0 Å². The van der Waals surface area contributed by atoms with Crippen LogP contribution >= 0.6 is 0 Å². The summed E-state index contributed by atoms with van der Waals surface area (Å²) >= 11 is 0. The van der Waals surface area contributed by atoms with E-state index in [2.05, 4.69) is 60.6 Å². The molecule has 0 bridgehead atoms. The molecule has 38 heavy (non-hydrogen) atoms. The minimum absolute atomic E-state index is 0.326. The van der Waals surface area contributed by atoms with Crippen molar-refractivity contribution in [1.82, 2.24) is 19.4 Å². The van der Waals surface area contributed by atoms with E-state index >= 15 is 0 Å². The second-order valence-corrected chi connectivity index (χ2v) is 9.19. The highest BCUT2D eigenvalue weighted by atomic mass is 16.5. The number of methoxy groups -OCH3 is 1. The van der Waals surface area contributed by atoms with E-state index in [9.17, 15) is 4.79 Å². The SMILES string of the molecule is C=C=CC(=O)Nc1cc(Nc2nccc(-c3cn(C)c4ccccc34)n2)c(OC)cc1N(C)CCN(C)C. The van der Waals surface area contributed by atoms with Crippen molar-refractivity contribution in [2.45, 2.75) is 0 Å². The van der Waals surface area contributed by atoms with Crippen LogP contribution < -0.4 is 20.3 Å². The Morgan fingerprint density at radius 2 is 1.95 bits per heavy atom. The van der Waals surface area contributed by atoms with E-state index in [4.69, 9.17) is 9.72 Å². The summed E-state index contributed by atoms with van der Waals surface area (Å²) in [7, 11) is 9.64. The number of aryl methyl sites for hydroxylation is 1. The molecule has 9 nitrogen and oxygen atoms in total. The van der Waals surface area contributed by atoms with Gasteiger partial charge in [0.1, 0.15) is 5.75 Å². The van der Waals surface area contributed by atoms with Crippen molar-refractivity contribution < 1.29 is 9.53 Å². The Kier molecular flexibility index (Phi) is 8.11. The van der Waals surface area contributed by atoms with Crippen LogP contribution in [0, 0.1) is 0 Å². The fourth-order valence-electron chi connectivity index (χ4n) is 4.22. The van der Waals surface area contributed by atoms with E-state index in [0.29, 0.717) is 23.1 Å². The Labute approximate surface area is 223 Å². The van der Waals surface area contributed by atoms with Crippen molar-refractivity contribution >= 4 is 39.8 Å². The molecular formula is C29H33N7O2. The fourth-order valence-corrected chi connectivity index (χ4v) is 4.22. The lowest BCUT2D eigenvalue weighted by Gasteiger charge is -2.25. The first-order valence-corrected chi connectivity index (χ1v) is 12.2. The predicted octanol–water partition coefficient (Wildman–Crippen LogP) is 4.66. The molecule has 2 aromatic heterocycles. The summed E-state index contributed by atoms with van der Waals surface area (Å²) in [5.41, 5.74) is 7.49. The van der Waals surface area contributed by atoms with Crippen LogP contribution in [0.4, 0.5) is 23.0 Å². The first kappa shape index (κ1) is 26.5. The fraction of sp³-hybridized carbons (Fsp3) is 0.241. The third kappa shape index (κ3) is 5.86. The van der Waals surface area contributed by atoms with Gasteiger partial charge in [-0.1, -0.05) is 24.8 Å². The van der Waals surface area contributed by atoms with Crippen molar-refractivity contribution in [1.29, 1.82) is 0 Å². The summed E-state index contributed by atoms with van der Waals surface area (Å²) in [5, 5.41) is 7.32. The summed E-state index contributed by atoms with van der Waals surface area (Å²) in [6.45, 7) is 5.09. The zero-order chi connectivity index (χ0) is 27.2. The highest BCUT2D eigenvalue weighted by Gasteiger charge is 2.17. The maximum absolute atomic E-state index is 12.4. The smallest absolute Gasteiger partial charge is 0.256 e. The van der Waals surface area contributed by atoms with Crippen LogP contribution in [0.2, 0.25) is 0 Å². The molecule has 0 aliphatic carbocycles. The molecule has 0 aliphatic rings. The molecule has 0 radical (unpaired) electrons. The van der Waals surface area contributed by atoms with Crippen LogP contribution in [0.1, 0.15) is 0 Å². The Bertz CT molecular complexity index is 1500. The van der Waals surface area contributed by atoms with Gasteiger partial charge in [-0.25, -0.2) is 9.97 Å². The highest BCUT2D eigenvalue weighted by molar-refractivity contribution is 6.02. The maximum atomic E-state index is 12.4. The van der Waals surface area contributed by atoms with Gasteiger partial charge in [-0.3, -0.25) is 4.79 Å². The van der Waals surface area contributed by atoms with Crippen LogP contribution in [-0.4, -0.2) is 66.7 Å². The van der Waals surface area contributed by atoms with Crippen molar-refractivity contribution in [3.05, 3.63) is 73.2 Å². The molecule has 0 fully saturated rings. The number of nitrogens with one attached hydrogen (secondary N) is 2. The van der Waals surface area contributed by atoms with Gasteiger partial charge in [-0.05, 0) is 32.3 Å². The number of fused-ring (bicyclic) bond motifs is 1. The lowest BCUT2D eigenvalue weighted by molar-refractivity contribution is -0.111. The molecule has 1 amide bonds.